The Hall–Kier alpha value is -2.65. The first-order chi connectivity index (χ1) is 14.1. The van der Waals surface area contributed by atoms with Crippen LogP contribution in [0.4, 0.5) is 4.39 Å². The molecule has 1 aliphatic carbocycles. The van der Waals surface area contributed by atoms with Gasteiger partial charge in [-0.2, -0.15) is 0 Å². The summed E-state index contributed by atoms with van der Waals surface area (Å²) >= 11 is 0. The van der Waals surface area contributed by atoms with Gasteiger partial charge in [-0.05, 0) is 91.4 Å². The highest BCUT2D eigenvalue weighted by atomic mass is 19.1. The first kappa shape index (κ1) is 19.7. The Morgan fingerprint density at radius 1 is 0.966 bits per heavy atom. The molecule has 0 saturated heterocycles. The molecule has 1 aliphatic rings. The van der Waals surface area contributed by atoms with E-state index in [0.29, 0.717) is 6.61 Å². The summed E-state index contributed by atoms with van der Waals surface area (Å²) in [7, 11) is 4.30. The number of hydrogen-bond acceptors (Lipinski definition) is 2. The maximum absolute atomic E-state index is 13.3. The molecule has 0 saturated carbocycles. The molecule has 0 aliphatic heterocycles. The van der Waals surface area contributed by atoms with Gasteiger partial charge in [0.15, 0.2) is 0 Å². The number of aryl methyl sites for hydroxylation is 1. The molecule has 4 rings (SSSR count). The van der Waals surface area contributed by atoms with Gasteiger partial charge in [-0.25, -0.2) is 4.39 Å². The van der Waals surface area contributed by atoms with Crippen LogP contribution in [0.3, 0.4) is 0 Å². The van der Waals surface area contributed by atoms with Crippen molar-refractivity contribution < 1.29 is 9.13 Å². The summed E-state index contributed by atoms with van der Waals surface area (Å²) in [6, 6.07) is 21.3. The molecule has 3 heteroatoms. The van der Waals surface area contributed by atoms with E-state index in [9.17, 15) is 4.39 Å². The maximum Gasteiger partial charge on any atom is 0.123 e. The lowest BCUT2D eigenvalue weighted by atomic mass is 9.83. The van der Waals surface area contributed by atoms with E-state index in [1.807, 2.05) is 24.3 Å². The molecule has 0 spiro atoms. The van der Waals surface area contributed by atoms with Crippen molar-refractivity contribution in [1.29, 1.82) is 0 Å². The highest BCUT2D eigenvalue weighted by molar-refractivity contribution is 5.67. The molecule has 3 aromatic rings. The number of hydrogen-bond donors (Lipinski definition) is 0. The number of rotatable bonds is 6. The predicted molar refractivity (Wildman–Crippen MR) is 117 cm³/mol. The SMILES string of the molecule is CN(C)CC1CCc2cc(OCc3ccccc3-c3ccc(F)cc3)ccc2C1. The second-order valence-electron chi connectivity index (χ2n) is 8.25. The van der Waals surface area contributed by atoms with Crippen molar-refractivity contribution >= 4 is 0 Å². The van der Waals surface area contributed by atoms with Gasteiger partial charge in [-0.1, -0.05) is 42.5 Å². The highest BCUT2D eigenvalue weighted by Crippen LogP contribution is 2.30. The zero-order chi connectivity index (χ0) is 20.2. The lowest BCUT2D eigenvalue weighted by molar-refractivity contribution is 0.297. The summed E-state index contributed by atoms with van der Waals surface area (Å²) in [5, 5.41) is 0. The Kier molecular flexibility index (Phi) is 5.96. The molecule has 1 unspecified atom stereocenters. The molecule has 0 heterocycles. The zero-order valence-corrected chi connectivity index (χ0v) is 17.2. The van der Waals surface area contributed by atoms with E-state index in [-0.39, 0.29) is 5.82 Å². The molecule has 29 heavy (non-hydrogen) atoms. The van der Waals surface area contributed by atoms with Crippen molar-refractivity contribution in [1.82, 2.24) is 4.90 Å². The molecule has 0 fully saturated rings. The van der Waals surface area contributed by atoms with Crippen molar-refractivity contribution in [2.24, 2.45) is 5.92 Å². The van der Waals surface area contributed by atoms with Crippen molar-refractivity contribution in [3.63, 3.8) is 0 Å². The molecule has 0 aromatic heterocycles. The molecule has 0 amide bonds. The van der Waals surface area contributed by atoms with Crippen LogP contribution >= 0.6 is 0 Å². The van der Waals surface area contributed by atoms with Gasteiger partial charge in [0.25, 0.3) is 0 Å². The standard InChI is InChI=1S/C26H28FNO/c1-28(2)17-19-7-8-22-16-25(14-11-21(22)15-19)29-18-23-5-3-4-6-26(23)20-9-12-24(27)13-10-20/h3-6,9-14,16,19H,7-8,15,17-18H2,1-2H3. The third-order valence-corrected chi connectivity index (χ3v) is 5.70. The van der Waals surface area contributed by atoms with E-state index in [0.717, 1.165) is 47.7 Å². The number of halogens is 1. The van der Waals surface area contributed by atoms with Crippen LogP contribution in [0.2, 0.25) is 0 Å². The number of benzene rings is 3. The Morgan fingerprint density at radius 3 is 2.55 bits per heavy atom. The van der Waals surface area contributed by atoms with Crippen LogP contribution in [0.1, 0.15) is 23.1 Å². The fourth-order valence-electron chi connectivity index (χ4n) is 4.29. The second kappa shape index (κ2) is 8.79. The van der Waals surface area contributed by atoms with Crippen molar-refractivity contribution in [2.45, 2.75) is 25.9 Å². The summed E-state index contributed by atoms with van der Waals surface area (Å²) in [6.45, 7) is 1.65. The third-order valence-electron chi connectivity index (χ3n) is 5.70. The normalized spacial score (nSPS) is 15.9. The number of nitrogens with zero attached hydrogens (tertiary/aromatic N) is 1. The monoisotopic (exact) mass is 389 g/mol. The molecule has 3 aromatic carbocycles. The van der Waals surface area contributed by atoms with E-state index in [2.05, 4.69) is 49.3 Å². The quantitative estimate of drug-likeness (QED) is 0.533. The van der Waals surface area contributed by atoms with Crippen LogP contribution in [-0.2, 0) is 19.4 Å². The van der Waals surface area contributed by atoms with Gasteiger partial charge in [0.1, 0.15) is 18.2 Å². The molecular weight excluding hydrogens is 361 g/mol. The van der Waals surface area contributed by atoms with Gasteiger partial charge < -0.3 is 9.64 Å². The van der Waals surface area contributed by atoms with Crippen LogP contribution in [0.15, 0.2) is 66.7 Å². The van der Waals surface area contributed by atoms with E-state index < -0.39 is 0 Å². The van der Waals surface area contributed by atoms with Crippen molar-refractivity contribution in [3.05, 3.63) is 89.2 Å². The first-order valence-electron chi connectivity index (χ1n) is 10.3. The molecule has 2 nitrogen and oxygen atoms in total. The van der Waals surface area contributed by atoms with Crippen LogP contribution in [0.5, 0.6) is 5.75 Å². The molecule has 150 valence electrons. The minimum Gasteiger partial charge on any atom is -0.489 e. The summed E-state index contributed by atoms with van der Waals surface area (Å²) < 4.78 is 19.4. The molecule has 1 atom stereocenters. The van der Waals surface area contributed by atoms with Gasteiger partial charge in [-0.15, -0.1) is 0 Å². The van der Waals surface area contributed by atoms with Crippen molar-refractivity contribution in [3.8, 4) is 16.9 Å². The van der Waals surface area contributed by atoms with Gasteiger partial charge >= 0.3 is 0 Å². The first-order valence-corrected chi connectivity index (χ1v) is 10.3. The Morgan fingerprint density at radius 2 is 1.76 bits per heavy atom. The van der Waals surface area contributed by atoms with Gasteiger partial charge in [0.2, 0.25) is 0 Å². The number of fused-ring (bicyclic) bond motifs is 1. The van der Waals surface area contributed by atoms with Gasteiger partial charge in [0, 0.05) is 6.54 Å². The van der Waals surface area contributed by atoms with Gasteiger partial charge in [0.05, 0.1) is 0 Å². The van der Waals surface area contributed by atoms with Gasteiger partial charge in [-0.3, -0.25) is 0 Å². The lowest BCUT2D eigenvalue weighted by Crippen LogP contribution is -2.26. The largest absolute Gasteiger partial charge is 0.489 e. The topological polar surface area (TPSA) is 12.5 Å². The van der Waals surface area contributed by atoms with Crippen LogP contribution in [0.25, 0.3) is 11.1 Å². The average Bonchev–Trinajstić information content (AvgIpc) is 2.72. The molecule has 0 N–H and O–H groups in total. The molecule has 0 radical (unpaired) electrons. The highest BCUT2D eigenvalue weighted by Gasteiger charge is 2.19. The zero-order valence-electron chi connectivity index (χ0n) is 17.2. The second-order valence-corrected chi connectivity index (χ2v) is 8.25. The minimum atomic E-state index is -0.218. The molecule has 0 bridgehead atoms. The predicted octanol–water partition coefficient (Wildman–Crippen LogP) is 5.74. The summed E-state index contributed by atoms with van der Waals surface area (Å²) in [6.07, 6.45) is 3.51. The summed E-state index contributed by atoms with van der Waals surface area (Å²) in [5.74, 6) is 1.44. The molecular formula is C26H28FNO. The van der Waals surface area contributed by atoms with E-state index >= 15 is 0 Å². The fourth-order valence-corrected chi connectivity index (χ4v) is 4.29. The maximum atomic E-state index is 13.3. The smallest absolute Gasteiger partial charge is 0.123 e. The van der Waals surface area contributed by atoms with Crippen LogP contribution in [-0.4, -0.2) is 25.5 Å². The summed E-state index contributed by atoms with van der Waals surface area (Å²) in [4.78, 5) is 2.28. The van der Waals surface area contributed by atoms with E-state index in [1.54, 1.807) is 0 Å². The lowest BCUT2D eigenvalue weighted by Gasteiger charge is -2.27. The van der Waals surface area contributed by atoms with Crippen LogP contribution in [0, 0.1) is 11.7 Å². The Bertz CT molecular complexity index is 965. The number of ether oxygens (including phenoxy) is 1. The Balaban J connectivity index is 1.46. The third kappa shape index (κ3) is 4.86. The average molecular weight is 390 g/mol. The summed E-state index contributed by atoms with van der Waals surface area (Å²) in [5.41, 5.74) is 6.06. The van der Waals surface area contributed by atoms with Crippen LogP contribution < -0.4 is 4.74 Å². The van der Waals surface area contributed by atoms with E-state index in [1.165, 1.54) is 29.7 Å². The van der Waals surface area contributed by atoms with E-state index in [4.69, 9.17) is 4.74 Å². The van der Waals surface area contributed by atoms with Crippen molar-refractivity contribution in [2.75, 3.05) is 20.6 Å². The Labute approximate surface area is 172 Å². The minimum absolute atomic E-state index is 0.218. The fraction of sp³-hybridized carbons (Fsp3) is 0.308.